The first-order valence-electron chi connectivity index (χ1n) is 25.2. The molecule has 0 aliphatic carbocycles. The Morgan fingerprint density at radius 3 is 1.73 bits per heavy atom. The maximum Gasteiger partial charge on any atom is 0.305 e. The minimum Gasteiger partial charge on any atom is -0.481 e. The molecule has 33 nitrogen and oxygen atoms in total. The largest absolute Gasteiger partial charge is 0.481 e. The Balaban J connectivity index is 2.04. The minimum atomic E-state index is -2.20. The van der Waals surface area contributed by atoms with Crippen molar-refractivity contribution in [1.82, 2.24) is 52.2 Å². The molecule has 452 valence electrons. The number of ether oxygens (including phenoxy) is 5. The lowest BCUT2D eigenvalue weighted by Gasteiger charge is -2.40. The van der Waals surface area contributed by atoms with E-state index in [1.165, 1.54) is 27.0 Å². The number of carbonyl (C=O) groups is 11. The van der Waals surface area contributed by atoms with Crippen LogP contribution in [0.5, 0.6) is 0 Å². The van der Waals surface area contributed by atoms with Gasteiger partial charge in [0.1, 0.15) is 61.2 Å². The number of aliphatic hydroxyl groups is 3. The SMILES string of the molecule is CC(C)[C@H](NC(=O)[C@H](CCC(=O)O)NC(=O)[C@H](CC(=O)O)NC(=O)C1OC(CNC(=O)Cn2cc(CCCF)nn2)C(O)C(O)C1O)C(=O)N[C@@H](CC(=O)O)C(=O)N[C@@H](C)C(=O)NCCOCCOCCOCCOCCC(=O)O. The fourth-order valence-corrected chi connectivity index (χ4v) is 7.11. The normalized spacial score (nSPS) is 18.8. The molecule has 1 aromatic heterocycles. The summed E-state index contributed by atoms with van der Waals surface area (Å²) in [5.41, 5.74) is 0.408. The zero-order valence-corrected chi connectivity index (χ0v) is 44.2. The predicted octanol–water partition coefficient (Wildman–Crippen LogP) is -6.28. The Labute approximate surface area is 456 Å². The number of aromatic nitrogens is 3. The predicted molar refractivity (Wildman–Crippen MR) is 264 cm³/mol. The van der Waals surface area contributed by atoms with E-state index in [0.29, 0.717) is 5.69 Å². The third kappa shape index (κ3) is 26.7. The monoisotopic (exact) mass is 1150 g/mol. The molecule has 14 N–H and O–H groups in total. The Morgan fingerprint density at radius 1 is 0.625 bits per heavy atom. The van der Waals surface area contributed by atoms with Crippen molar-refractivity contribution in [3.63, 3.8) is 0 Å². The summed E-state index contributed by atoms with van der Waals surface area (Å²) >= 11 is 0. The van der Waals surface area contributed by atoms with Gasteiger partial charge in [0.05, 0.1) is 84.5 Å². The van der Waals surface area contributed by atoms with Gasteiger partial charge in [-0.2, -0.15) is 0 Å². The van der Waals surface area contributed by atoms with Crippen LogP contribution < -0.4 is 37.2 Å². The number of rotatable bonds is 41. The van der Waals surface area contributed by atoms with Crippen molar-refractivity contribution in [3.8, 4) is 0 Å². The fourth-order valence-electron chi connectivity index (χ4n) is 7.11. The van der Waals surface area contributed by atoms with Crippen LogP contribution in [-0.4, -0.2) is 249 Å². The summed E-state index contributed by atoms with van der Waals surface area (Å²) in [4.78, 5) is 139. The van der Waals surface area contributed by atoms with Crippen molar-refractivity contribution < 1.29 is 117 Å². The molecule has 0 spiro atoms. The van der Waals surface area contributed by atoms with Crippen LogP contribution >= 0.6 is 0 Å². The van der Waals surface area contributed by atoms with E-state index in [4.69, 9.17) is 28.8 Å². The number of nitrogens with zero attached hydrogens (tertiary/aromatic N) is 3. The van der Waals surface area contributed by atoms with Gasteiger partial charge in [-0.25, -0.2) is 4.68 Å². The zero-order valence-electron chi connectivity index (χ0n) is 44.2. The van der Waals surface area contributed by atoms with Crippen LogP contribution in [-0.2, 0) is 89.4 Å². The molecule has 1 fully saturated rings. The van der Waals surface area contributed by atoms with Gasteiger partial charge in [0.25, 0.3) is 5.91 Å². The Morgan fingerprint density at radius 2 is 1.16 bits per heavy atom. The van der Waals surface area contributed by atoms with E-state index >= 15 is 0 Å². The molecule has 10 atom stereocenters. The van der Waals surface area contributed by atoms with E-state index in [1.807, 2.05) is 5.32 Å². The average Bonchev–Trinajstić information content (AvgIpc) is 3.83. The quantitative estimate of drug-likeness (QED) is 0.0271. The molecule has 0 saturated carbocycles. The minimum absolute atomic E-state index is 0.0144. The van der Waals surface area contributed by atoms with Crippen molar-refractivity contribution in [2.24, 2.45) is 5.92 Å². The zero-order chi connectivity index (χ0) is 59.9. The molecule has 1 aliphatic heterocycles. The lowest BCUT2D eigenvalue weighted by Crippen LogP contribution is -2.65. The first kappa shape index (κ1) is 69.0. The molecule has 1 aliphatic rings. The number of amides is 7. The van der Waals surface area contributed by atoms with Crippen LogP contribution in [0.3, 0.4) is 0 Å². The standard InChI is InChI=1S/C46H73FN10O23/c1-24(2)36(45(74)52-28(19-34(63)64)43(72)50-25(3)41(70)48-10-12-77-14-16-79-18-17-78-15-13-76-11-8-33(61)62)54-42(71)27(6-7-32(59)60)51-44(73)29(20-35(65)66)53-46(75)40-39(69)38(68)37(67)30(80-40)21-49-31(58)23-57-22-26(55-56-57)5-4-9-47/h22,24-25,27-30,36-40,67-69H,4-21,23H2,1-3H3,(H,48,70)(H,49,58)(H,50,72)(H,51,73)(H,52,74)(H,53,75)(H,54,71)(H,59,60)(H,61,62)(H,63,64)(H,65,66)/t25-,27-,28-,29-,30?,36-,37?,38?,39?,40?/m0/s1. The fraction of sp³-hybridized carbons (Fsp3) is 0.717. The van der Waals surface area contributed by atoms with Crippen molar-refractivity contribution >= 4 is 65.2 Å². The Hall–Kier alpha value is -7.08. The molecule has 5 unspecified atom stereocenters. The number of nitrogens with one attached hydrogen (secondary N) is 7. The number of hydrogen-bond donors (Lipinski definition) is 14. The summed E-state index contributed by atoms with van der Waals surface area (Å²) in [5.74, 6) is -14.4. The molecule has 2 rings (SSSR count). The maximum absolute atomic E-state index is 13.8. The van der Waals surface area contributed by atoms with Crippen LogP contribution in [0, 0.1) is 5.92 Å². The highest BCUT2D eigenvalue weighted by molar-refractivity contribution is 5.98. The van der Waals surface area contributed by atoms with Crippen LogP contribution in [0.1, 0.15) is 65.0 Å². The summed E-state index contributed by atoms with van der Waals surface area (Å²) < 4.78 is 40.3. The molecule has 34 heteroatoms. The maximum atomic E-state index is 13.8. The Bertz CT molecular complexity index is 2210. The van der Waals surface area contributed by atoms with Gasteiger partial charge >= 0.3 is 23.9 Å². The summed E-state index contributed by atoms with van der Waals surface area (Å²) in [6.07, 6.45) is -11.9. The smallest absolute Gasteiger partial charge is 0.305 e. The number of alkyl halides is 1. The summed E-state index contributed by atoms with van der Waals surface area (Å²) in [5, 5.41) is 92.5. The van der Waals surface area contributed by atoms with Gasteiger partial charge in [-0.05, 0) is 32.1 Å². The van der Waals surface area contributed by atoms with Crippen LogP contribution in [0.15, 0.2) is 6.20 Å². The molecule has 0 aromatic carbocycles. The van der Waals surface area contributed by atoms with Gasteiger partial charge < -0.3 is 96.6 Å². The lowest BCUT2D eigenvalue weighted by atomic mass is 9.94. The number of aliphatic carboxylic acids is 4. The van der Waals surface area contributed by atoms with Gasteiger partial charge in [-0.15, -0.1) is 5.10 Å². The van der Waals surface area contributed by atoms with E-state index in [0.717, 1.165) is 4.68 Å². The van der Waals surface area contributed by atoms with Crippen LogP contribution in [0.4, 0.5) is 4.39 Å². The summed E-state index contributed by atoms with van der Waals surface area (Å²) in [7, 11) is 0. The number of halogens is 1. The number of hydrogen-bond acceptors (Lipinski definition) is 21. The second-order valence-electron chi connectivity index (χ2n) is 18.2. The number of aliphatic hydroxyl groups excluding tert-OH is 3. The first-order chi connectivity index (χ1) is 37.8. The average molecular weight is 1150 g/mol. The van der Waals surface area contributed by atoms with E-state index in [9.17, 15) is 87.8 Å². The number of carbonyl (C=O) groups excluding carboxylic acids is 7. The summed E-state index contributed by atoms with van der Waals surface area (Å²) in [6.45, 7) is 3.92. The van der Waals surface area contributed by atoms with Gasteiger partial charge in [-0.1, -0.05) is 19.1 Å². The second-order valence-corrected chi connectivity index (χ2v) is 18.2. The molecule has 80 heavy (non-hydrogen) atoms. The van der Waals surface area contributed by atoms with Gasteiger partial charge in [-0.3, -0.25) is 57.1 Å². The molecule has 0 bridgehead atoms. The van der Waals surface area contributed by atoms with E-state index in [-0.39, 0.29) is 78.7 Å². The lowest BCUT2D eigenvalue weighted by molar-refractivity contribution is -0.219. The van der Waals surface area contributed by atoms with Gasteiger partial charge in [0.15, 0.2) is 6.10 Å². The summed E-state index contributed by atoms with van der Waals surface area (Å²) in [6, 6.07) is -8.76. The molecule has 1 saturated heterocycles. The first-order valence-corrected chi connectivity index (χ1v) is 25.2. The third-order valence-corrected chi connectivity index (χ3v) is 11.4. The van der Waals surface area contributed by atoms with Crippen molar-refractivity contribution in [2.75, 3.05) is 72.6 Å². The van der Waals surface area contributed by atoms with Crippen LogP contribution in [0.25, 0.3) is 0 Å². The highest BCUT2D eigenvalue weighted by Crippen LogP contribution is 2.22. The molecular formula is C46H73FN10O23. The van der Waals surface area contributed by atoms with Gasteiger partial charge in [0, 0.05) is 25.7 Å². The molecular weight excluding hydrogens is 1080 g/mol. The highest BCUT2D eigenvalue weighted by atomic mass is 19.1. The highest BCUT2D eigenvalue weighted by Gasteiger charge is 2.47. The number of carboxylic acids is 4. The molecule has 2 heterocycles. The van der Waals surface area contributed by atoms with Crippen molar-refractivity contribution in [2.45, 2.75) is 133 Å². The molecule has 1 aromatic rings. The second kappa shape index (κ2) is 37.0. The topological polar surface area (TPSA) is 490 Å². The number of carboxylic acid groups (broad SMARTS) is 4. The van der Waals surface area contributed by atoms with E-state index < -0.39 is 177 Å². The van der Waals surface area contributed by atoms with Crippen molar-refractivity contribution in [3.05, 3.63) is 11.9 Å². The van der Waals surface area contributed by atoms with E-state index in [2.05, 4.69) is 42.2 Å². The number of aryl methyl sites for hydroxylation is 1. The third-order valence-electron chi connectivity index (χ3n) is 11.4. The molecule has 7 amide bonds. The van der Waals surface area contributed by atoms with E-state index in [1.54, 1.807) is 0 Å². The van der Waals surface area contributed by atoms with Crippen LogP contribution in [0.2, 0.25) is 0 Å². The molecule has 0 radical (unpaired) electrons. The Kier molecular flexibility index (Phi) is 31.9. The van der Waals surface area contributed by atoms with Gasteiger partial charge in [0.2, 0.25) is 35.4 Å². The van der Waals surface area contributed by atoms with Crippen molar-refractivity contribution in [1.29, 1.82) is 0 Å².